The van der Waals surface area contributed by atoms with Crippen LogP contribution in [0.15, 0.2) is 23.3 Å². The quantitative estimate of drug-likeness (QED) is 0.565. The summed E-state index contributed by atoms with van der Waals surface area (Å²) in [6.45, 7) is 6.74. The monoisotopic (exact) mass is 450 g/mol. The van der Waals surface area contributed by atoms with Crippen molar-refractivity contribution in [2.45, 2.75) is 71.8 Å². The molecule has 0 aliphatic heterocycles. The van der Waals surface area contributed by atoms with Crippen molar-refractivity contribution in [1.29, 1.82) is 0 Å². The Morgan fingerprint density at radius 1 is 1.16 bits per heavy atom. The summed E-state index contributed by atoms with van der Waals surface area (Å²) in [6.07, 6.45) is 5.70. The molecule has 2 atom stereocenters. The number of hydrogen-bond donors (Lipinski definition) is 2. The second-order valence-electron chi connectivity index (χ2n) is 9.14. The van der Waals surface area contributed by atoms with Gasteiger partial charge in [-0.05, 0) is 62.8 Å². The normalized spacial score (nSPS) is 21.4. The summed E-state index contributed by atoms with van der Waals surface area (Å²) >= 11 is 6.19. The molecule has 2 amide bonds. The fourth-order valence-corrected chi connectivity index (χ4v) is 4.36. The zero-order chi connectivity index (χ0) is 22.5. The van der Waals surface area contributed by atoms with Crippen molar-refractivity contribution in [3.63, 3.8) is 0 Å². The summed E-state index contributed by atoms with van der Waals surface area (Å²) in [5.41, 5.74) is 0.930. The number of amides is 2. The van der Waals surface area contributed by atoms with E-state index in [1.165, 1.54) is 6.07 Å². The summed E-state index contributed by atoms with van der Waals surface area (Å²) in [6, 6.07) is 2.61. The molecule has 1 saturated carbocycles. The van der Waals surface area contributed by atoms with Crippen molar-refractivity contribution in [1.82, 2.24) is 5.32 Å². The van der Waals surface area contributed by atoms with Gasteiger partial charge in [0.15, 0.2) is 0 Å². The Bertz CT molecular complexity index is 869. The summed E-state index contributed by atoms with van der Waals surface area (Å²) < 4.78 is 20.5. The maximum atomic E-state index is 14.5. The minimum Gasteiger partial charge on any atom is -0.489 e. The number of carbonyl (C=O) groups excluding carboxylic acids is 2. The predicted octanol–water partition coefficient (Wildman–Crippen LogP) is 5.63. The van der Waals surface area contributed by atoms with Gasteiger partial charge in [-0.3, -0.25) is 9.59 Å². The van der Waals surface area contributed by atoms with E-state index in [-0.39, 0.29) is 22.7 Å². The Labute approximate surface area is 188 Å². The van der Waals surface area contributed by atoms with E-state index in [0.29, 0.717) is 48.1 Å². The highest BCUT2D eigenvalue weighted by Crippen LogP contribution is 2.35. The summed E-state index contributed by atoms with van der Waals surface area (Å²) in [7, 11) is 0. The molecule has 0 heterocycles. The zero-order valence-corrected chi connectivity index (χ0v) is 19.3. The number of nitrogens with one attached hydrogen (secondary N) is 2. The fraction of sp³-hybridized carbons (Fsp3) is 0.583. The van der Waals surface area contributed by atoms with Gasteiger partial charge >= 0.3 is 0 Å². The van der Waals surface area contributed by atoms with Gasteiger partial charge in [0, 0.05) is 23.8 Å². The van der Waals surface area contributed by atoms with Gasteiger partial charge < -0.3 is 15.4 Å². The third-order valence-corrected chi connectivity index (χ3v) is 6.19. The number of carbonyl (C=O) groups is 2. The third kappa shape index (κ3) is 6.22. The first-order valence-corrected chi connectivity index (χ1v) is 11.6. The Balaban J connectivity index is 1.77. The number of benzene rings is 1. The highest BCUT2D eigenvalue weighted by Gasteiger charge is 2.26. The van der Waals surface area contributed by atoms with Crippen molar-refractivity contribution < 1.29 is 18.7 Å². The molecule has 0 spiro atoms. The average molecular weight is 451 g/mol. The lowest BCUT2D eigenvalue weighted by Crippen LogP contribution is -2.32. The summed E-state index contributed by atoms with van der Waals surface area (Å²) in [5, 5.41) is 5.71. The van der Waals surface area contributed by atoms with E-state index in [9.17, 15) is 14.0 Å². The Kier molecular flexibility index (Phi) is 7.98. The molecule has 2 aliphatic rings. The van der Waals surface area contributed by atoms with Crippen molar-refractivity contribution in [2.24, 2.45) is 11.8 Å². The zero-order valence-electron chi connectivity index (χ0n) is 18.5. The average Bonchev–Trinajstić information content (AvgIpc) is 3.14. The highest BCUT2D eigenvalue weighted by atomic mass is 35.5. The van der Waals surface area contributed by atoms with Gasteiger partial charge in [0.05, 0.1) is 16.8 Å². The van der Waals surface area contributed by atoms with Crippen LogP contribution in [0.25, 0.3) is 0 Å². The van der Waals surface area contributed by atoms with E-state index >= 15 is 0 Å². The maximum Gasteiger partial charge on any atom is 0.252 e. The van der Waals surface area contributed by atoms with Crippen LogP contribution in [0.1, 0.15) is 65.7 Å². The van der Waals surface area contributed by atoms with Crippen LogP contribution >= 0.6 is 11.6 Å². The second-order valence-corrected chi connectivity index (χ2v) is 9.55. The molecule has 7 heteroatoms. The minimum absolute atomic E-state index is 0.00968. The smallest absolute Gasteiger partial charge is 0.252 e. The molecule has 0 bridgehead atoms. The van der Waals surface area contributed by atoms with E-state index in [1.807, 2.05) is 13.8 Å². The van der Waals surface area contributed by atoms with Gasteiger partial charge in [-0.15, -0.1) is 0 Å². The van der Waals surface area contributed by atoms with Crippen LogP contribution < -0.4 is 15.4 Å². The van der Waals surface area contributed by atoms with Gasteiger partial charge in [0.25, 0.3) is 5.91 Å². The molecule has 2 unspecified atom stereocenters. The second kappa shape index (κ2) is 10.5. The van der Waals surface area contributed by atoms with E-state index in [4.69, 9.17) is 16.3 Å². The van der Waals surface area contributed by atoms with Crippen LogP contribution in [-0.2, 0) is 9.59 Å². The Hall–Kier alpha value is -2.08. The van der Waals surface area contributed by atoms with Crippen LogP contribution in [0.3, 0.4) is 0 Å². The summed E-state index contributed by atoms with van der Waals surface area (Å²) in [5.74, 6) is -0.0278. The molecule has 5 nitrogen and oxygen atoms in total. The number of anilines is 1. The van der Waals surface area contributed by atoms with Crippen LogP contribution in [-0.4, -0.2) is 24.5 Å². The first-order valence-electron chi connectivity index (χ1n) is 11.2. The molecule has 1 aromatic rings. The van der Waals surface area contributed by atoms with Crippen molar-refractivity contribution in [3.8, 4) is 5.75 Å². The first-order chi connectivity index (χ1) is 14.7. The largest absolute Gasteiger partial charge is 0.489 e. The van der Waals surface area contributed by atoms with E-state index in [2.05, 4.69) is 17.6 Å². The molecule has 2 N–H and O–H groups in total. The Morgan fingerprint density at radius 2 is 1.84 bits per heavy atom. The molecule has 31 heavy (non-hydrogen) atoms. The first kappa shape index (κ1) is 23.6. The predicted molar refractivity (Wildman–Crippen MR) is 121 cm³/mol. The number of ether oxygens (including phenoxy) is 1. The van der Waals surface area contributed by atoms with Gasteiger partial charge in [-0.25, -0.2) is 4.39 Å². The molecule has 3 rings (SSSR count). The molecule has 1 aromatic carbocycles. The molecule has 2 aliphatic carbocycles. The highest BCUT2D eigenvalue weighted by molar-refractivity contribution is 6.32. The fourth-order valence-electron chi connectivity index (χ4n) is 4.16. The number of halogens is 2. The molecule has 0 radical (unpaired) electrons. The SMILES string of the molecule is CC(C)CNC(=O)C1=C(C(=O)Nc2cc(OC3CCC(C)C3)c(Cl)cc2F)CCCC1. The molecular weight excluding hydrogens is 419 g/mol. The Morgan fingerprint density at radius 3 is 2.45 bits per heavy atom. The topological polar surface area (TPSA) is 67.4 Å². The van der Waals surface area contributed by atoms with Gasteiger partial charge in [0.2, 0.25) is 5.91 Å². The summed E-state index contributed by atoms with van der Waals surface area (Å²) in [4.78, 5) is 25.6. The van der Waals surface area contributed by atoms with Crippen LogP contribution in [0.5, 0.6) is 5.75 Å². The van der Waals surface area contributed by atoms with Crippen LogP contribution in [0, 0.1) is 17.7 Å². The molecular formula is C24H32ClFN2O3. The molecule has 0 aromatic heterocycles. The third-order valence-electron chi connectivity index (χ3n) is 5.90. The van der Waals surface area contributed by atoms with E-state index in [1.54, 1.807) is 0 Å². The van der Waals surface area contributed by atoms with Gasteiger partial charge in [-0.1, -0.05) is 32.4 Å². The molecule has 1 fully saturated rings. The lowest BCUT2D eigenvalue weighted by Gasteiger charge is -2.21. The standard InChI is InChI=1S/C24H32ClFN2O3/c1-14(2)13-27-23(29)17-6-4-5-7-18(17)24(30)28-21-12-22(19(25)11-20(21)26)31-16-9-8-15(3)10-16/h11-12,14-16H,4-10,13H2,1-3H3,(H,27,29)(H,28,30). The van der Waals surface area contributed by atoms with Crippen molar-refractivity contribution in [3.05, 3.63) is 34.1 Å². The minimum atomic E-state index is -0.632. The lowest BCUT2D eigenvalue weighted by atomic mass is 9.90. The van der Waals surface area contributed by atoms with E-state index < -0.39 is 11.7 Å². The lowest BCUT2D eigenvalue weighted by molar-refractivity contribution is -0.119. The van der Waals surface area contributed by atoms with Crippen LogP contribution in [0.2, 0.25) is 5.02 Å². The molecule has 170 valence electrons. The van der Waals surface area contributed by atoms with Gasteiger partial charge in [-0.2, -0.15) is 0 Å². The van der Waals surface area contributed by atoms with Gasteiger partial charge in [0.1, 0.15) is 11.6 Å². The van der Waals surface area contributed by atoms with Crippen molar-refractivity contribution >= 4 is 29.1 Å². The van der Waals surface area contributed by atoms with Crippen molar-refractivity contribution in [2.75, 3.05) is 11.9 Å². The van der Waals surface area contributed by atoms with E-state index in [0.717, 1.165) is 38.2 Å². The number of hydrogen-bond acceptors (Lipinski definition) is 3. The van der Waals surface area contributed by atoms with Crippen LogP contribution in [0.4, 0.5) is 10.1 Å². The number of rotatable bonds is 7. The molecule has 0 saturated heterocycles. The maximum absolute atomic E-state index is 14.5.